The van der Waals surface area contributed by atoms with Gasteiger partial charge in [-0.3, -0.25) is 0 Å². The Labute approximate surface area is 144 Å². The first kappa shape index (κ1) is 15.6. The summed E-state index contributed by atoms with van der Waals surface area (Å²) in [5.74, 6) is 0.974. The van der Waals surface area contributed by atoms with Gasteiger partial charge in [0, 0.05) is 32.8 Å². The third kappa shape index (κ3) is 3.16. The van der Waals surface area contributed by atoms with Crippen LogP contribution in [0.25, 0.3) is 10.2 Å². The zero-order valence-electron chi connectivity index (χ0n) is 13.5. The van der Waals surface area contributed by atoms with Crippen LogP contribution in [0.3, 0.4) is 0 Å². The second kappa shape index (κ2) is 6.90. The number of rotatable bonds is 2. The Bertz CT molecular complexity index is 707. The van der Waals surface area contributed by atoms with E-state index in [1.807, 2.05) is 10.3 Å². The summed E-state index contributed by atoms with van der Waals surface area (Å²) in [5.41, 5.74) is 0. The van der Waals surface area contributed by atoms with Crippen LogP contribution in [-0.4, -0.2) is 66.3 Å². The van der Waals surface area contributed by atoms with Crippen molar-refractivity contribution < 1.29 is 9.53 Å². The molecule has 0 aliphatic carbocycles. The van der Waals surface area contributed by atoms with Crippen LogP contribution in [0.4, 0.5) is 10.6 Å². The number of nitrogens with zero attached hydrogens (tertiary/aromatic N) is 4. The fraction of sp³-hybridized carbons (Fsp3) is 0.562. The molecule has 7 nitrogen and oxygen atoms in total. The number of hydrogen-bond acceptors (Lipinski definition) is 6. The average molecular weight is 347 g/mol. The predicted molar refractivity (Wildman–Crippen MR) is 93.6 cm³/mol. The summed E-state index contributed by atoms with van der Waals surface area (Å²) in [6.07, 6.45) is 3.64. The molecule has 4 heterocycles. The van der Waals surface area contributed by atoms with Crippen LogP contribution in [0, 0.1) is 0 Å². The first-order chi connectivity index (χ1) is 11.8. The van der Waals surface area contributed by atoms with Crippen LogP contribution in [0.5, 0.6) is 0 Å². The molecule has 0 radical (unpaired) electrons. The Morgan fingerprint density at radius 2 is 2.17 bits per heavy atom. The largest absolute Gasteiger partial charge is 0.379 e. The van der Waals surface area contributed by atoms with Crippen molar-refractivity contribution in [1.82, 2.24) is 20.2 Å². The zero-order valence-corrected chi connectivity index (χ0v) is 14.3. The number of thiophene rings is 1. The standard InChI is InChI=1S/C16H21N5O2S/c22-16(19-12-2-1-8-23-10-12)21-6-4-20(5-7-21)14-13-3-9-24-15(13)18-11-17-14/h3,9,11-12H,1-2,4-8,10H2,(H,19,22)/t12-/m0/s1. The first-order valence-electron chi connectivity index (χ1n) is 8.37. The van der Waals surface area contributed by atoms with Gasteiger partial charge in [0.05, 0.1) is 18.0 Å². The minimum Gasteiger partial charge on any atom is -0.379 e. The summed E-state index contributed by atoms with van der Waals surface area (Å²) in [6.45, 7) is 4.42. The number of piperazine rings is 1. The Hall–Kier alpha value is -1.93. The number of carbonyl (C=O) groups is 1. The number of hydrogen-bond donors (Lipinski definition) is 1. The number of nitrogens with one attached hydrogen (secondary N) is 1. The summed E-state index contributed by atoms with van der Waals surface area (Å²) in [5, 5.41) is 6.23. The van der Waals surface area contributed by atoms with Crippen molar-refractivity contribution in [3.8, 4) is 0 Å². The highest BCUT2D eigenvalue weighted by molar-refractivity contribution is 7.16. The molecule has 0 saturated carbocycles. The minimum absolute atomic E-state index is 0.0218. The monoisotopic (exact) mass is 347 g/mol. The van der Waals surface area contributed by atoms with Gasteiger partial charge in [-0.05, 0) is 24.3 Å². The van der Waals surface area contributed by atoms with Gasteiger partial charge in [0.2, 0.25) is 0 Å². The zero-order chi connectivity index (χ0) is 16.4. The number of amides is 2. The van der Waals surface area contributed by atoms with Gasteiger partial charge in [-0.1, -0.05) is 0 Å². The van der Waals surface area contributed by atoms with E-state index in [1.54, 1.807) is 17.7 Å². The van der Waals surface area contributed by atoms with E-state index in [2.05, 4.69) is 26.3 Å². The lowest BCUT2D eigenvalue weighted by Crippen LogP contribution is -2.54. The number of urea groups is 1. The molecular weight excluding hydrogens is 326 g/mol. The van der Waals surface area contributed by atoms with Gasteiger partial charge < -0.3 is 19.9 Å². The summed E-state index contributed by atoms with van der Waals surface area (Å²) in [4.78, 5) is 26.3. The molecule has 0 spiro atoms. The molecule has 1 N–H and O–H groups in total. The molecule has 0 unspecified atom stereocenters. The van der Waals surface area contributed by atoms with E-state index < -0.39 is 0 Å². The quantitative estimate of drug-likeness (QED) is 0.895. The van der Waals surface area contributed by atoms with Crippen molar-refractivity contribution in [1.29, 1.82) is 0 Å². The number of ether oxygens (including phenoxy) is 1. The third-order valence-corrected chi connectivity index (χ3v) is 5.42. The Balaban J connectivity index is 1.36. The van der Waals surface area contributed by atoms with Crippen LogP contribution >= 0.6 is 11.3 Å². The van der Waals surface area contributed by atoms with Gasteiger partial charge in [-0.25, -0.2) is 14.8 Å². The predicted octanol–water partition coefficient (Wildman–Crippen LogP) is 1.70. The van der Waals surface area contributed by atoms with Crippen molar-refractivity contribution in [2.75, 3.05) is 44.3 Å². The normalized spacial score (nSPS) is 21.9. The van der Waals surface area contributed by atoms with Gasteiger partial charge in [-0.15, -0.1) is 11.3 Å². The molecule has 2 saturated heterocycles. The maximum Gasteiger partial charge on any atom is 0.317 e. The van der Waals surface area contributed by atoms with Crippen LogP contribution in [-0.2, 0) is 4.74 Å². The molecule has 2 fully saturated rings. The van der Waals surface area contributed by atoms with Gasteiger partial charge in [0.15, 0.2) is 0 Å². The van der Waals surface area contributed by atoms with Crippen LogP contribution in [0.1, 0.15) is 12.8 Å². The van der Waals surface area contributed by atoms with Crippen LogP contribution < -0.4 is 10.2 Å². The molecule has 8 heteroatoms. The highest BCUT2D eigenvalue weighted by Gasteiger charge is 2.25. The highest BCUT2D eigenvalue weighted by Crippen LogP contribution is 2.27. The highest BCUT2D eigenvalue weighted by atomic mass is 32.1. The number of carbonyl (C=O) groups excluding carboxylic acids is 1. The lowest BCUT2D eigenvalue weighted by atomic mass is 10.1. The van der Waals surface area contributed by atoms with E-state index in [1.165, 1.54) is 0 Å². The number of fused-ring (bicyclic) bond motifs is 1. The van der Waals surface area contributed by atoms with Crippen molar-refractivity contribution >= 4 is 33.4 Å². The second-order valence-corrected chi connectivity index (χ2v) is 7.07. The summed E-state index contributed by atoms with van der Waals surface area (Å²) < 4.78 is 5.42. The molecule has 0 aromatic carbocycles. The molecule has 4 rings (SSSR count). The minimum atomic E-state index is 0.0218. The number of aromatic nitrogens is 2. The summed E-state index contributed by atoms with van der Waals surface area (Å²) in [7, 11) is 0. The van der Waals surface area contributed by atoms with E-state index in [9.17, 15) is 4.79 Å². The Morgan fingerprint density at radius 3 is 2.96 bits per heavy atom. The molecule has 2 aromatic rings. The van der Waals surface area contributed by atoms with Gasteiger partial charge in [-0.2, -0.15) is 0 Å². The molecule has 2 amide bonds. The lowest BCUT2D eigenvalue weighted by molar-refractivity contribution is 0.0705. The smallest absolute Gasteiger partial charge is 0.317 e. The average Bonchev–Trinajstić information content (AvgIpc) is 3.11. The molecule has 2 aliphatic heterocycles. The van der Waals surface area contributed by atoms with Crippen molar-refractivity contribution in [2.45, 2.75) is 18.9 Å². The van der Waals surface area contributed by atoms with Crippen LogP contribution in [0.2, 0.25) is 0 Å². The molecule has 128 valence electrons. The van der Waals surface area contributed by atoms with E-state index in [4.69, 9.17) is 4.74 Å². The third-order valence-electron chi connectivity index (χ3n) is 4.60. The fourth-order valence-electron chi connectivity index (χ4n) is 3.27. The molecule has 2 aromatic heterocycles. The van der Waals surface area contributed by atoms with Crippen molar-refractivity contribution in [2.24, 2.45) is 0 Å². The van der Waals surface area contributed by atoms with Gasteiger partial charge in [0.25, 0.3) is 0 Å². The van der Waals surface area contributed by atoms with E-state index in [0.717, 1.165) is 48.6 Å². The molecular formula is C16H21N5O2S. The summed E-state index contributed by atoms with van der Waals surface area (Å²) in [6, 6.07) is 2.24. The second-order valence-electron chi connectivity index (χ2n) is 6.17. The topological polar surface area (TPSA) is 70.6 Å². The van der Waals surface area contributed by atoms with E-state index >= 15 is 0 Å². The van der Waals surface area contributed by atoms with Crippen LogP contribution in [0.15, 0.2) is 17.8 Å². The summed E-state index contributed by atoms with van der Waals surface area (Å²) >= 11 is 1.63. The maximum absolute atomic E-state index is 12.4. The van der Waals surface area contributed by atoms with E-state index in [-0.39, 0.29) is 12.1 Å². The molecule has 0 bridgehead atoms. The molecule has 2 aliphatic rings. The van der Waals surface area contributed by atoms with Crippen molar-refractivity contribution in [3.05, 3.63) is 17.8 Å². The molecule has 24 heavy (non-hydrogen) atoms. The van der Waals surface area contributed by atoms with Gasteiger partial charge in [0.1, 0.15) is 17.0 Å². The Morgan fingerprint density at radius 1 is 1.29 bits per heavy atom. The first-order valence-corrected chi connectivity index (χ1v) is 9.25. The van der Waals surface area contributed by atoms with E-state index in [0.29, 0.717) is 19.7 Å². The van der Waals surface area contributed by atoms with Gasteiger partial charge >= 0.3 is 6.03 Å². The maximum atomic E-state index is 12.4. The SMILES string of the molecule is O=C(N[C@H]1CCCOC1)N1CCN(c2ncnc3sccc23)CC1. The lowest BCUT2D eigenvalue weighted by Gasteiger charge is -2.36. The fourth-order valence-corrected chi connectivity index (χ4v) is 4.00. The molecule has 1 atom stereocenters. The van der Waals surface area contributed by atoms with Crippen molar-refractivity contribution in [3.63, 3.8) is 0 Å². The number of anilines is 1. The Kier molecular flexibility index (Phi) is 4.48.